The number of urea groups is 1. The molecule has 0 aromatic heterocycles. The van der Waals surface area contributed by atoms with E-state index in [0.29, 0.717) is 10.7 Å². The monoisotopic (exact) mass is 292 g/mol. The number of rotatable bonds is 5. The maximum Gasteiger partial charge on any atom is 0.419 e. The van der Waals surface area contributed by atoms with Gasteiger partial charge in [-0.2, -0.15) is 11.8 Å². The highest BCUT2D eigenvalue weighted by Crippen LogP contribution is 2.15. The largest absolute Gasteiger partial charge is 0.480 e. The summed E-state index contributed by atoms with van der Waals surface area (Å²) in [5.41, 5.74) is 4.24. The number of thioether (sulfide) groups is 1. The molecule has 0 saturated heterocycles. The van der Waals surface area contributed by atoms with Gasteiger partial charge in [-0.3, -0.25) is 0 Å². The van der Waals surface area contributed by atoms with Gasteiger partial charge in [0.05, 0.1) is 0 Å². The van der Waals surface area contributed by atoms with Gasteiger partial charge >= 0.3 is 18.1 Å². The zero-order valence-corrected chi connectivity index (χ0v) is 12.3. The van der Waals surface area contributed by atoms with Crippen LogP contribution in [0.15, 0.2) is 0 Å². The average molecular weight is 292 g/mol. The third-order valence-corrected chi connectivity index (χ3v) is 2.86. The van der Waals surface area contributed by atoms with Crippen LogP contribution in [0.4, 0.5) is 9.59 Å². The van der Waals surface area contributed by atoms with Gasteiger partial charge in [0, 0.05) is 5.75 Å². The molecule has 0 rings (SSSR count). The smallest absolute Gasteiger partial charge is 0.419 e. The lowest BCUT2D eigenvalue weighted by Gasteiger charge is -2.28. The molecule has 1 unspecified atom stereocenters. The molecule has 0 saturated carbocycles. The van der Waals surface area contributed by atoms with Gasteiger partial charge in [0.25, 0.3) is 0 Å². The fraction of sp³-hybridized carbons (Fsp3) is 0.727. The number of hydrogen-bond donors (Lipinski definition) is 2. The molecule has 8 heteroatoms. The Morgan fingerprint density at radius 1 is 1.37 bits per heavy atom. The van der Waals surface area contributed by atoms with Gasteiger partial charge in [-0.25, -0.2) is 19.3 Å². The van der Waals surface area contributed by atoms with Gasteiger partial charge < -0.3 is 15.6 Å². The van der Waals surface area contributed by atoms with Crippen molar-refractivity contribution < 1.29 is 24.2 Å². The van der Waals surface area contributed by atoms with Crippen LogP contribution in [0.3, 0.4) is 0 Å². The molecule has 0 aromatic carbocycles. The minimum Gasteiger partial charge on any atom is -0.480 e. The van der Waals surface area contributed by atoms with Crippen molar-refractivity contribution >= 4 is 29.9 Å². The van der Waals surface area contributed by atoms with E-state index in [0.717, 1.165) is 0 Å². The summed E-state index contributed by atoms with van der Waals surface area (Å²) in [4.78, 5) is 34.7. The maximum absolute atomic E-state index is 11.8. The first-order valence-electron chi connectivity index (χ1n) is 5.72. The third-order valence-electron chi connectivity index (χ3n) is 1.90. The van der Waals surface area contributed by atoms with Crippen LogP contribution in [-0.4, -0.2) is 51.2 Å². The summed E-state index contributed by atoms with van der Waals surface area (Å²) in [6.07, 6.45) is -1.05. The molecule has 3 N–H and O–H groups in total. The van der Waals surface area contributed by atoms with Crippen LogP contribution in [0.2, 0.25) is 0 Å². The number of primary amides is 1. The number of carboxylic acids is 1. The number of carboxylic acid groups (broad SMARTS) is 1. The van der Waals surface area contributed by atoms with E-state index in [9.17, 15) is 14.4 Å². The van der Waals surface area contributed by atoms with Crippen molar-refractivity contribution in [2.45, 2.75) is 39.3 Å². The van der Waals surface area contributed by atoms with Crippen molar-refractivity contribution in [3.63, 3.8) is 0 Å². The van der Waals surface area contributed by atoms with Crippen LogP contribution in [0.5, 0.6) is 0 Å². The Kier molecular flexibility index (Phi) is 6.68. The number of aliphatic carboxylic acids is 1. The van der Waals surface area contributed by atoms with Crippen molar-refractivity contribution in [1.82, 2.24) is 4.90 Å². The zero-order valence-electron chi connectivity index (χ0n) is 11.5. The summed E-state index contributed by atoms with van der Waals surface area (Å²) in [5, 5.41) is 9.10. The van der Waals surface area contributed by atoms with Gasteiger partial charge in [0.1, 0.15) is 5.60 Å². The van der Waals surface area contributed by atoms with Crippen LogP contribution in [0, 0.1) is 0 Å². The maximum atomic E-state index is 11.8. The molecule has 0 radical (unpaired) electrons. The summed E-state index contributed by atoms with van der Waals surface area (Å²) < 4.78 is 4.99. The average Bonchev–Trinajstić information content (AvgIpc) is 2.19. The molecule has 0 aliphatic heterocycles. The molecule has 0 spiro atoms. The highest BCUT2D eigenvalue weighted by Gasteiger charge is 2.36. The fourth-order valence-corrected chi connectivity index (χ4v) is 1.92. The number of nitrogens with zero attached hydrogens (tertiary/aromatic N) is 1. The standard InChI is InChI=1S/C11H20N2O5S/c1-5-19-6-7(8(14)15)13(9(12)16)10(17)18-11(2,3)4/h7H,5-6H2,1-4H3,(H2,12,16)(H,14,15). The molecule has 7 nitrogen and oxygen atoms in total. The molecular formula is C11H20N2O5S. The summed E-state index contributed by atoms with van der Waals surface area (Å²) in [5.74, 6) is -0.579. The minimum absolute atomic E-state index is 0.0635. The first-order valence-corrected chi connectivity index (χ1v) is 6.87. The lowest BCUT2D eigenvalue weighted by atomic mass is 10.2. The molecule has 110 valence electrons. The Morgan fingerprint density at radius 3 is 2.21 bits per heavy atom. The minimum atomic E-state index is -1.34. The molecule has 0 aromatic rings. The van der Waals surface area contributed by atoms with Crippen LogP contribution in [-0.2, 0) is 9.53 Å². The van der Waals surface area contributed by atoms with Crippen molar-refractivity contribution in [2.24, 2.45) is 5.73 Å². The lowest BCUT2D eigenvalue weighted by Crippen LogP contribution is -2.53. The number of amides is 3. The van der Waals surface area contributed by atoms with Crippen molar-refractivity contribution in [1.29, 1.82) is 0 Å². The lowest BCUT2D eigenvalue weighted by molar-refractivity contribution is -0.141. The second-order valence-corrected chi connectivity index (χ2v) is 6.02. The Hall–Kier alpha value is -1.44. The van der Waals surface area contributed by atoms with Crippen LogP contribution < -0.4 is 5.73 Å². The zero-order chi connectivity index (χ0) is 15.2. The molecule has 3 amide bonds. The number of imide groups is 1. The first kappa shape index (κ1) is 17.6. The van der Waals surface area contributed by atoms with Gasteiger partial charge in [0.15, 0.2) is 6.04 Å². The fourth-order valence-electron chi connectivity index (χ4n) is 1.17. The molecule has 0 bridgehead atoms. The Bertz CT molecular complexity index is 353. The Morgan fingerprint density at radius 2 is 1.89 bits per heavy atom. The van der Waals surface area contributed by atoms with Crippen LogP contribution in [0.25, 0.3) is 0 Å². The van der Waals surface area contributed by atoms with E-state index in [1.165, 1.54) is 11.8 Å². The van der Waals surface area contributed by atoms with E-state index < -0.39 is 29.7 Å². The summed E-state index contributed by atoms with van der Waals surface area (Å²) >= 11 is 1.29. The topological polar surface area (TPSA) is 110 Å². The van der Waals surface area contributed by atoms with Crippen molar-refractivity contribution in [3.8, 4) is 0 Å². The second kappa shape index (κ2) is 7.22. The van der Waals surface area contributed by atoms with Crippen molar-refractivity contribution in [2.75, 3.05) is 11.5 Å². The highest BCUT2D eigenvalue weighted by atomic mass is 32.2. The van der Waals surface area contributed by atoms with E-state index >= 15 is 0 Å². The summed E-state index contributed by atoms with van der Waals surface area (Å²) in [6, 6.07) is -2.48. The van der Waals surface area contributed by atoms with Gasteiger partial charge in [-0.15, -0.1) is 0 Å². The van der Waals surface area contributed by atoms with E-state index in [2.05, 4.69) is 0 Å². The van der Waals surface area contributed by atoms with Gasteiger partial charge in [-0.1, -0.05) is 6.92 Å². The number of nitrogens with two attached hydrogens (primary N) is 1. The number of carbonyl (C=O) groups is 3. The Labute approximate surface area is 116 Å². The molecule has 0 aliphatic rings. The normalized spacial score (nSPS) is 12.6. The highest BCUT2D eigenvalue weighted by molar-refractivity contribution is 7.99. The Balaban J connectivity index is 5.09. The molecule has 0 fully saturated rings. The predicted octanol–water partition coefficient (Wildman–Crippen LogP) is 1.51. The van der Waals surface area contributed by atoms with E-state index in [4.69, 9.17) is 15.6 Å². The van der Waals surface area contributed by atoms with E-state index in [1.807, 2.05) is 6.92 Å². The quantitative estimate of drug-likeness (QED) is 0.794. The predicted molar refractivity (Wildman–Crippen MR) is 72.1 cm³/mol. The second-order valence-electron chi connectivity index (χ2n) is 4.70. The molecule has 0 heterocycles. The third kappa shape index (κ3) is 6.32. The molecule has 1 atom stereocenters. The molecular weight excluding hydrogens is 272 g/mol. The number of carbonyl (C=O) groups excluding carboxylic acids is 2. The SMILES string of the molecule is CCSCC(C(=O)O)N(C(N)=O)C(=O)OC(C)(C)C. The summed E-state index contributed by atoms with van der Waals surface area (Å²) in [6.45, 7) is 6.67. The van der Waals surface area contributed by atoms with E-state index in [-0.39, 0.29) is 5.75 Å². The van der Waals surface area contributed by atoms with Gasteiger partial charge in [-0.05, 0) is 26.5 Å². The molecule has 0 aliphatic carbocycles. The van der Waals surface area contributed by atoms with Crippen molar-refractivity contribution in [3.05, 3.63) is 0 Å². The van der Waals surface area contributed by atoms with E-state index in [1.54, 1.807) is 20.8 Å². The first-order chi connectivity index (χ1) is 8.60. The van der Waals surface area contributed by atoms with Gasteiger partial charge in [0.2, 0.25) is 0 Å². The van der Waals surface area contributed by atoms with Crippen LogP contribution >= 0.6 is 11.8 Å². The number of ether oxygens (including phenoxy) is 1. The number of hydrogen-bond acceptors (Lipinski definition) is 5. The van der Waals surface area contributed by atoms with Crippen LogP contribution in [0.1, 0.15) is 27.7 Å². The molecule has 19 heavy (non-hydrogen) atoms. The summed E-state index contributed by atoms with van der Waals surface area (Å²) in [7, 11) is 0.